The molecule has 104 valence electrons. The van der Waals surface area contributed by atoms with Crippen LogP contribution in [0.3, 0.4) is 0 Å². The van der Waals surface area contributed by atoms with Crippen molar-refractivity contribution < 1.29 is 27.4 Å². The lowest BCUT2D eigenvalue weighted by molar-refractivity contribution is -0.142. The van der Waals surface area contributed by atoms with Gasteiger partial charge < -0.3 is 9.84 Å². The number of hydrogen-bond donors (Lipinski definition) is 2. The zero-order valence-electron chi connectivity index (χ0n) is 9.61. The molecule has 9 heteroatoms. The van der Waals surface area contributed by atoms with Gasteiger partial charge in [0, 0.05) is 6.20 Å². The summed E-state index contributed by atoms with van der Waals surface area (Å²) in [5.41, 5.74) is 0. The number of halogens is 1. The van der Waals surface area contributed by atoms with Gasteiger partial charge in [0.2, 0.25) is 10.0 Å². The Bertz CT molecular complexity index is 591. The van der Waals surface area contributed by atoms with Crippen LogP contribution < -0.4 is 4.72 Å². The van der Waals surface area contributed by atoms with Crippen LogP contribution in [0.2, 0.25) is 0 Å². The molecule has 2 unspecified atom stereocenters. The first-order valence-electron chi connectivity index (χ1n) is 5.33. The summed E-state index contributed by atoms with van der Waals surface area (Å²) in [6.45, 7) is -0.108. The van der Waals surface area contributed by atoms with Crippen LogP contribution in [0.15, 0.2) is 23.4 Å². The molecule has 0 aliphatic carbocycles. The number of carboxylic acid groups (broad SMARTS) is 1. The Balaban J connectivity index is 2.20. The smallest absolute Gasteiger partial charge is 0.310 e. The van der Waals surface area contributed by atoms with Crippen LogP contribution >= 0.6 is 0 Å². The summed E-state index contributed by atoms with van der Waals surface area (Å²) in [4.78, 5) is 14.0. The second-order valence-electron chi connectivity index (χ2n) is 4.05. The van der Waals surface area contributed by atoms with Gasteiger partial charge in [-0.05, 0) is 6.07 Å². The molecule has 1 fully saturated rings. The topological polar surface area (TPSA) is 106 Å². The van der Waals surface area contributed by atoms with E-state index in [2.05, 4.69) is 9.71 Å². The fourth-order valence-corrected chi connectivity index (χ4v) is 2.95. The maximum absolute atomic E-state index is 12.9. The Kier molecular flexibility index (Phi) is 3.78. The van der Waals surface area contributed by atoms with Gasteiger partial charge in [-0.25, -0.2) is 17.5 Å². The Hall–Kier alpha value is -1.58. The number of rotatable bonds is 4. The predicted octanol–water partition coefficient (Wildman–Crippen LogP) is -0.401. The highest BCUT2D eigenvalue weighted by Gasteiger charge is 2.37. The highest BCUT2D eigenvalue weighted by molar-refractivity contribution is 7.89. The minimum Gasteiger partial charge on any atom is -0.481 e. The normalized spacial score (nSPS) is 23.4. The maximum atomic E-state index is 12.9. The first-order chi connectivity index (χ1) is 8.90. The zero-order valence-corrected chi connectivity index (χ0v) is 10.4. The molecular weight excluding hydrogens is 279 g/mol. The molecule has 0 saturated carbocycles. The first-order valence-corrected chi connectivity index (χ1v) is 6.82. The highest BCUT2D eigenvalue weighted by Crippen LogP contribution is 2.17. The van der Waals surface area contributed by atoms with Crippen LogP contribution in [0.25, 0.3) is 0 Å². The van der Waals surface area contributed by atoms with Gasteiger partial charge in [0.25, 0.3) is 0 Å². The number of carbonyl (C=O) groups is 1. The molecule has 0 bridgehead atoms. The predicted molar refractivity (Wildman–Crippen MR) is 60.2 cm³/mol. The summed E-state index contributed by atoms with van der Waals surface area (Å²) in [5.74, 6) is -2.90. The average molecular weight is 290 g/mol. The van der Waals surface area contributed by atoms with Crippen molar-refractivity contribution in [3.05, 3.63) is 24.3 Å². The van der Waals surface area contributed by atoms with Gasteiger partial charge >= 0.3 is 5.97 Å². The van der Waals surface area contributed by atoms with Gasteiger partial charge in [-0.15, -0.1) is 0 Å². The van der Waals surface area contributed by atoms with E-state index in [1.165, 1.54) is 0 Å². The van der Waals surface area contributed by atoms with E-state index in [9.17, 15) is 17.6 Å². The van der Waals surface area contributed by atoms with Crippen LogP contribution in [0.1, 0.15) is 0 Å². The van der Waals surface area contributed by atoms with Crippen LogP contribution in [0, 0.1) is 11.7 Å². The molecule has 2 heterocycles. The van der Waals surface area contributed by atoms with Crippen molar-refractivity contribution in [3.63, 3.8) is 0 Å². The van der Waals surface area contributed by atoms with Gasteiger partial charge in [-0.2, -0.15) is 0 Å². The van der Waals surface area contributed by atoms with E-state index in [0.717, 1.165) is 18.5 Å². The standard InChI is InChI=1S/C10H11FN2O5S/c11-6-1-7(3-12-2-6)19(16,17)13-9-5-18-4-8(9)10(14)15/h1-3,8-9,13H,4-5H2,(H,14,15). The third-order valence-electron chi connectivity index (χ3n) is 2.69. The monoisotopic (exact) mass is 290 g/mol. The van der Waals surface area contributed by atoms with Gasteiger partial charge in [0.1, 0.15) is 10.7 Å². The van der Waals surface area contributed by atoms with Crippen LogP contribution in [0.5, 0.6) is 0 Å². The lowest BCUT2D eigenvalue weighted by Gasteiger charge is -2.15. The van der Waals surface area contributed by atoms with E-state index in [1.54, 1.807) is 0 Å². The fraction of sp³-hybridized carbons (Fsp3) is 0.400. The summed E-state index contributed by atoms with van der Waals surface area (Å²) in [7, 11) is -4.03. The zero-order chi connectivity index (χ0) is 14.0. The minimum absolute atomic E-state index is 0.0427. The summed E-state index contributed by atoms with van der Waals surface area (Å²) in [6, 6.07) is -0.0771. The summed E-state index contributed by atoms with van der Waals surface area (Å²) >= 11 is 0. The lowest BCUT2D eigenvalue weighted by atomic mass is 10.1. The van der Waals surface area contributed by atoms with Gasteiger partial charge in [0.15, 0.2) is 0 Å². The lowest BCUT2D eigenvalue weighted by Crippen LogP contribution is -2.42. The number of aliphatic carboxylic acids is 1. The fourth-order valence-electron chi connectivity index (χ4n) is 1.72. The first kappa shape index (κ1) is 13.8. The second-order valence-corrected chi connectivity index (χ2v) is 5.76. The molecule has 2 N–H and O–H groups in total. The molecule has 19 heavy (non-hydrogen) atoms. The number of nitrogens with zero attached hydrogens (tertiary/aromatic N) is 1. The van der Waals surface area contributed by atoms with Gasteiger partial charge in [0.05, 0.1) is 31.4 Å². The molecule has 1 aromatic heterocycles. The molecule has 1 aliphatic heterocycles. The van der Waals surface area contributed by atoms with Gasteiger partial charge in [-0.3, -0.25) is 9.78 Å². The molecule has 0 aromatic carbocycles. The third kappa shape index (κ3) is 3.06. The quantitative estimate of drug-likeness (QED) is 0.781. The third-order valence-corrected chi connectivity index (χ3v) is 4.15. The van der Waals surface area contributed by atoms with Crippen molar-refractivity contribution in [2.75, 3.05) is 13.2 Å². The number of ether oxygens (including phenoxy) is 1. The van der Waals surface area contributed by atoms with E-state index in [-0.39, 0.29) is 18.1 Å². The minimum atomic E-state index is -4.03. The largest absolute Gasteiger partial charge is 0.481 e. The molecule has 0 spiro atoms. The molecule has 0 amide bonds. The van der Waals surface area contributed by atoms with Crippen LogP contribution in [0.4, 0.5) is 4.39 Å². The van der Waals surface area contributed by atoms with Crippen molar-refractivity contribution in [1.82, 2.24) is 9.71 Å². The van der Waals surface area contributed by atoms with Crippen LogP contribution in [-0.4, -0.2) is 43.7 Å². The van der Waals surface area contributed by atoms with E-state index in [4.69, 9.17) is 9.84 Å². The summed E-state index contributed by atoms with van der Waals surface area (Å²) in [5, 5.41) is 8.91. The summed E-state index contributed by atoms with van der Waals surface area (Å²) < 4.78 is 44.0. The molecule has 7 nitrogen and oxygen atoms in total. The number of nitrogens with one attached hydrogen (secondary N) is 1. The number of carboxylic acids is 1. The Labute approximate surface area is 108 Å². The average Bonchev–Trinajstić information content (AvgIpc) is 2.76. The molecule has 1 aromatic rings. The second kappa shape index (κ2) is 5.19. The van der Waals surface area contributed by atoms with Crippen LogP contribution in [-0.2, 0) is 19.6 Å². The number of pyridine rings is 1. The molecule has 1 saturated heterocycles. The molecule has 0 radical (unpaired) electrons. The van der Waals surface area contributed by atoms with Crippen molar-refractivity contribution in [2.45, 2.75) is 10.9 Å². The maximum Gasteiger partial charge on any atom is 0.310 e. The Morgan fingerprint density at radius 2 is 2.21 bits per heavy atom. The number of sulfonamides is 1. The SMILES string of the molecule is O=C(O)C1COCC1NS(=O)(=O)c1cncc(F)c1. The van der Waals surface area contributed by atoms with E-state index in [1.807, 2.05) is 0 Å². The van der Waals surface area contributed by atoms with Crippen molar-refractivity contribution in [1.29, 1.82) is 0 Å². The Morgan fingerprint density at radius 3 is 2.84 bits per heavy atom. The number of aromatic nitrogens is 1. The molecular formula is C10H11FN2O5S. The molecule has 1 aliphatic rings. The van der Waals surface area contributed by atoms with E-state index >= 15 is 0 Å². The number of hydrogen-bond acceptors (Lipinski definition) is 5. The van der Waals surface area contributed by atoms with E-state index in [0.29, 0.717) is 0 Å². The molecule has 2 atom stereocenters. The Morgan fingerprint density at radius 1 is 1.47 bits per heavy atom. The van der Waals surface area contributed by atoms with Crippen molar-refractivity contribution in [3.8, 4) is 0 Å². The molecule has 2 rings (SSSR count). The highest BCUT2D eigenvalue weighted by atomic mass is 32.2. The van der Waals surface area contributed by atoms with Gasteiger partial charge in [-0.1, -0.05) is 0 Å². The van der Waals surface area contributed by atoms with Crippen molar-refractivity contribution >= 4 is 16.0 Å². The summed E-state index contributed by atoms with van der Waals surface area (Å²) in [6.07, 6.45) is 1.86. The van der Waals surface area contributed by atoms with Crippen molar-refractivity contribution in [2.24, 2.45) is 5.92 Å². The van der Waals surface area contributed by atoms with E-state index < -0.39 is 33.8 Å².